The molecule has 0 bridgehead atoms. The monoisotopic (exact) mass is 508 g/mol. The summed E-state index contributed by atoms with van der Waals surface area (Å²) in [6.07, 6.45) is 8.49. The SMILES string of the molecule is C=Cc1ccc(COc2cccc(OCCCCCCCCCP(=O)(O)O)c2-c2ccccc2)cc1. The molecule has 0 fully saturated rings. The van der Waals surface area contributed by atoms with Gasteiger partial charge in [-0.15, -0.1) is 0 Å². The van der Waals surface area contributed by atoms with Crippen molar-refractivity contribution in [1.82, 2.24) is 0 Å². The number of hydrogen-bond acceptors (Lipinski definition) is 3. The summed E-state index contributed by atoms with van der Waals surface area (Å²) in [5, 5.41) is 0. The molecular weight excluding hydrogens is 471 g/mol. The Morgan fingerprint density at radius 3 is 1.97 bits per heavy atom. The zero-order chi connectivity index (χ0) is 25.6. The first-order valence-corrected chi connectivity index (χ1v) is 14.5. The zero-order valence-electron chi connectivity index (χ0n) is 20.9. The second-order valence-corrected chi connectivity index (χ2v) is 10.7. The van der Waals surface area contributed by atoms with Gasteiger partial charge in [0.05, 0.1) is 12.2 Å². The fourth-order valence-corrected chi connectivity index (χ4v) is 4.67. The second-order valence-electron chi connectivity index (χ2n) is 8.94. The summed E-state index contributed by atoms with van der Waals surface area (Å²) < 4.78 is 23.4. The molecule has 0 aliphatic heterocycles. The maximum atomic E-state index is 10.9. The van der Waals surface area contributed by atoms with E-state index in [2.05, 4.69) is 30.8 Å². The molecule has 3 rings (SSSR count). The van der Waals surface area contributed by atoms with Crippen molar-refractivity contribution in [3.05, 3.63) is 90.5 Å². The highest BCUT2D eigenvalue weighted by Crippen LogP contribution is 2.39. The molecule has 5 nitrogen and oxygen atoms in total. The lowest BCUT2D eigenvalue weighted by Crippen LogP contribution is -2.02. The molecule has 0 aromatic heterocycles. The standard InChI is InChI=1S/C30H37O5P/c1-2-25-18-20-26(21-19-25)24-35-29-17-13-16-28(30(29)27-14-9-8-10-15-27)34-22-11-6-4-3-5-7-12-23-36(31,32)33/h2,8-10,13-21H,1,3-7,11-12,22-24H2,(H2,31,32,33). The predicted octanol–water partition coefficient (Wildman–Crippen LogP) is 7.86. The molecule has 3 aromatic rings. The third-order valence-corrected chi connectivity index (χ3v) is 6.91. The molecule has 0 heterocycles. The Hall–Kier alpha value is -2.85. The summed E-state index contributed by atoms with van der Waals surface area (Å²) in [6, 6.07) is 24.3. The van der Waals surface area contributed by atoms with Crippen molar-refractivity contribution in [2.45, 2.75) is 51.6 Å². The normalized spacial score (nSPS) is 11.3. The van der Waals surface area contributed by atoms with Crippen LogP contribution in [0.5, 0.6) is 11.5 Å². The van der Waals surface area contributed by atoms with Crippen LogP contribution >= 0.6 is 7.60 Å². The molecule has 0 amide bonds. The second kappa shape index (κ2) is 14.6. The average molecular weight is 509 g/mol. The van der Waals surface area contributed by atoms with Crippen LogP contribution in [0.4, 0.5) is 0 Å². The number of unbranched alkanes of at least 4 members (excludes halogenated alkanes) is 6. The Morgan fingerprint density at radius 2 is 1.33 bits per heavy atom. The topological polar surface area (TPSA) is 76.0 Å². The van der Waals surface area contributed by atoms with Crippen LogP contribution in [0.15, 0.2) is 79.4 Å². The Morgan fingerprint density at radius 1 is 0.722 bits per heavy atom. The lowest BCUT2D eigenvalue weighted by atomic mass is 10.0. The summed E-state index contributed by atoms with van der Waals surface area (Å²) in [7, 11) is -3.85. The van der Waals surface area contributed by atoms with Crippen molar-refractivity contribution in [2.24, 2.45) is 0 Å². The van der Waals surface area contributed by atoms with Crippen LogP contribution in [0.1, 0.15) is 56.1 Å². The summed E-state index contributed by atoms with van der Waals surface area (Å²) in [6.45, 7) is 4.90. The molecule has 0 atom stereocenters. The molecule has 192 valence electrons. The van der Waals surface area contributed by atoms with Gasteiger partial charge in [-0.3, -0.25) is 4.57 Å². The quantitative estimate of drug-likeness (QED) is 0.152. The lowest BCUT2D eigenvalue weighted by Gasteiger charge is -2.17. The molecule has 0 saturated carbocycles. The van der Waals surface area contributed by atoms with E-state index in [-0.39, 0.29) is 6.16 Å². The first-order valence-electron chi connectivity index (χ1n) is 12.7. The van der Waals surface area contributed by atoms with Gasteiger partial charge in [0.1, 0.15) is 18.1 Å². The van der Waals surface area contributed by atoms with Crippen molar-refractivity contribution in [2.75, 3.05) is 12.8 Å². The summed E-state index contributed by atoms with van der Waals surface area (Å²) in [5.41, 5.74) is 4.19. The van der Waals surface area contributed by atoms with E-state index in [1.807, 2.05) is 54.6 Å². The first kappa shape index (κ1) is 27.7. The molecule has 0 radical (unpaired) electrons. The largest absolute Gasteiger partial charge is 0.493 e. The number of rotatable bonds is 16. The minimum atomic E-state index is -3.85. The molecule has 0 unspecified atom stereocenters. The summed E-state index contributed by atoms with van der Waals surface area (Å²) in [5.74, 6) is 1.61. The van der Waals surface area contributed by atoms with Crippen molar-refractivity contribution < 1.29 is 23.8 Å². The van der Waals surface area contributed by atoms with Crippen LogP contribution in [0.2, 0.25) is 0 Å². The van der Waals surface area contributed by atoms with Crippen molar-refractivity contribution >= 4 is 13.7 Å². The Kier molecular flexibility index (Phi) is 11.3. The molecule has 6 heteroatoms. The van der Waals surface area contributed by atoms with Crippen LogP contribution in [-0.4, -0.2) is 22.6 Å². The van der Waals surface area contributed by atoms with Gasteiger partial charge in [0.15, 0.2) is 0 Å². The Balaban J connectivity index is 1.52. The zero-order valence-corrected chi connectivity index (χ0v) is 21.7. The van der Waals surface area contributed by atoms with Gasteiger partial charge in [-0.25, -0.2) is 0 Å². The highest BCUT2D eigenvalue weighted by molar-refractivity contribution is 7.51. The van der Waals surface area contributed by atoms with Crippen LogP contribution in [0.25, 0.3) is 17.2 Å². The van der Waals surface area contributed by atoms with E-state index in [9.17, 15) is 4.57 Å². The van der Waals surface area contributed by atoms with Crippen molar-refractivity contribution in [1.29, 1.82) is 0 Å². The summed E-state index contributed by atoms with van der Waals surface area (Å²) in [4.78, 5) is 17.8. The minimum absolute atomic E-state index is 0.00500. The molecule has 0 aliphatic carbocycles. The minimum Gasteiger partial charge on any atom is -0.493 e. The van der Waals surface area contributed by atoms with Gasteiger partial charge in [-0.2, -0.15) is 0 Å². The lowest BCUT2D eigenvalue weighted by molar-refractivity contribution is 0.292. The van der Waals surface area contributed by atoms with E-state index in [1.165, 1.54) is 0 Å². The van der Waals surface area contributed by atoms with Gasteiger partial charge in [-0.1, -0.05) is 105 Å². The van der Waals surface area contributed by atoms with Gasteiger partial charge >= 0.3 is 7.60 Å². The highest BCUT2D eigenvalue weighted by Gasteiger charge is 2.14. The Bertz CT molecular complexity index is 1110. The Labute approximate surface area is 215 Å². The highest BCUT2D eigenvalue weighted by atomic mass is 31.2. The molecule has 36 heavy (non-hydrogen) atoms. The van der Waals surface area contributed by atoms with E-state index < -0.39 is 7.60 Å². The number of benzene rings is 3. The van der Waals surface area contributed by atoms with Gasteiger partial charge in [0.25, 0.3) is 0 Å². The van der Waals surface area contributed by atoms with Crippen LogP contribution in [0.3, 0.4) is 0 Å². The third kappa shape index (κ3) is 9.66. The fraction of sp³-hybridized carbons (Fsp3) is 0.333. The molecule has 0 spiro atoms. The van der Waals surface area contributed by atoms with E-state index in [0.717, 1.165) is 72.3 Å². The molecule has 0 saturated heterocycles. The number of hydrogen-bond donors (Lipinski definition) is 2. The van der Waals surface area contributed by atoms with E-state index in [1.54, 1.807) is 0 Å². The first-order chi connectivity index (χ1) is 17.5. The fourth-order valence-electron chi connectivity index (χ4n) is 4.04. The van der Waals surface area contributed by atoms with Crippen molar-refractivity contribution in [3.8, 4) is 22.6 Å². The van der Waals surface area contributed by atoms with Crippen LogP contribution in [0, 0.1) is 0 Å². The molecule has 3 aromatic carbocycles. The van der Waals surface area contributed by atoms with Gasteiger partial charge < -0.3 is 19.3 Å². The van der Waals surface area contributed by atoms with Crippen LogP contribution < -0.4 is 9.47 Å². The van der Waals surface area contributed by atoms with Crippen LogP contribution in [-0.2, 0) is 11.2 Å². The van der Waals surface area contributed by atoms with Gasteiger partial charge in [-0.05, 0) is 41.7 Å². The predicted molar refractivity (Wildman–Crippen MR) is 147 cm³/mol. The molecular formula is C30H37O5P. The third-order valence-electron chi connectivity index (χ3n) is 6.01. The smallest absolute Gasteiger partial charge is 0.325 e. The molecule has 0 aliphatic rings. The maximum absolute atomic E-state index is 10.9. The van der Waals surface area contributed by atoms with E-state index in [4.69, 9.17) is 19.3 Å². The molecule has 2 N–H and O–H groups in total. The number of ether oxygens (including phenoxy) is 2. The van der Waals surface area contributed by atoms with E-state index >= 15 is 0 Å². The van der Waals surface area contributed by atoms with Gasteiger partial charge in [0.2, 0.25) is 0 Å². The average Bonchev–Trinajstić information content (AvgIpc) is 2.88. The summed E-state index contributed by atoms with van der Waals surface area (Å²) >= 11 is 0. The van der Waals surface area contributed by atoms with Crippen molar-refractivity contribution in [3.63, 3.8) is 0 Å². The van der Waals surface area contributed by atoms with E-state index in [0.29, 0.717) is 19.6 Å². The van der Waals surface area contributed by atoms with Gasteiger partial charge in [0, 0.05) is 6.16 Å². The maximum Gasteiger partial charge on any atom is 0.325 e.